The molecule has 2 saturated heterocycles. The maximum Gasteiger partial charge on any atom is 0.311 e. The summed E-state index contributed by atoms with van der Waals surface area (Å²) in [5.74, 6) is 1.62. The number of carboxylic acid groups (broad SMARTS) is 1. The molecule has 9 nitrogen and oxygen atoms in total. The zero-order chi connectivity index (χ0) is 21.0. The van der Waals surface area contributed by atoms with E-state index in [2.05, 4.69) is 35.6 Å². The number of carbonyl (C=O) groups is 2. The number of aryl methyl sites for hydroxylation is 1. The fourth-order valence-corrected chi connectivity index (χ4v) is 4.07. The summed E-state index contributed by atoms with van der Waals surface area (Å²) in [6, 6.07) is 0. The number of esters is 1. The molecule has 2 fully saturated rings. The minimum Gasteiger partial charge on any atom is -0.483 e. The van der Waals surface area contributed by atoms with Crippen molar-refractivity contribution in [1.29, 1.82) is 0 Å². The van der Waals surface area contributed by atoms with E-state index in [9.17, 15) is 4.79 Å². The molecule has 4 rings (SSSR count). The summed E-state index contributed by atoms with van der Waals surface area (Å²) in [6.45, 7) is 9.24. The van der Waals surface area contributed by atoms with Gasteiger partial charge in [-0.25, -0.2) is 14.6 Å². The van der Waals surface area contributed by atoms with Crippen molar-refractivity contribution in [2.45, 2.75) is 46.6 Å². The summed E-state index contributed by atoms with van der Waals surface area (Å²) >= 11 is 0. The van der Waals surface area contributed by atoms with Gasteiger partial charge in [-0.05, 0) is 18.8 Å². The second-order valence-electron chi connectivity index (χ2n) is 8.02. The van der Waals surface area contributed by atoms with Crippen molar-refractivity contribution in [3.05, 3.63) is 12.0 Å². The molecule has 2 aliphatic heterocycles. The first-order chi connectivity index (χ1) is 14.0. The van der Waals surface area contributed by atoms with E-state index in [1.54, 1.807) is 6.33 Å². The van der Waals surface area contributed by atoms with Crippen molar-refractivity contribution in [2.24, 2.45) is 17.8 Å². The SMILES string of the molecule is CCCCn1nc(CC(C)C)c2c(N3C[C@@H]4COC(=O)[C@@H]4C3)ncnc21.O=CO. The molecule has 2 atom stereocenters. The molecule has 2 aromatic heterocycles. The van der Waals surface area contributed by atoms with E-state index in [1.807, 2.05) is 4.68 Å². The second-order valence-corrected chi connectivity index (χ2v) is 8.02. The molecule has 0 bridgehead atoms. The molecule has 4 heterocycles. The highest BCUT2D eigenvalue weighted by atomic mass is 16.5. The van der Waals surface area contributed by atoms with Gasteiger partial charge in [0.2, 0.25) is 0 Å². The number of anilines is 1. The van der Waals surface area contributed by atoms with E-state index in [4.69, 9.17) is 19.7 Å². The van der Waals surface area contributed by atoms with Gasteiger partial charge in [-0.2, -0.15) is 5.10 Å². The molecule has 0 spiro atoms. The summed E-state index contributed by atoms with van der Waals surface area (Å²) < 4.78 is 7.24. The number of carbonyl (C=O) groups excluding carboxylic acids is 1. The van der Waals surface area contributed by atoms with Crippen molar-refractivity contribution in [1.82, 2.24) is 19.7 Å². The van der Waals surface area contributed by atoms with Crippen LogP contribution in [0.3, 0.4) is 0 Å². The van der Waals surface area contributed by atoms with Crippen LogP contribution in [0.5, 0.6) is 0 Å². The number of cyclic esters (lactones) is 1. The van der Waals surface area contributed by atoms with Crippen LogP contribution in [0, 0.1) is 17.8 Å². The van der Waals surface area contributed by atoms with Gasteiger partial charge >= 0.3 is 5.97 Å². The molecule has 9 heteroatoms. The van der Waals surface area contributed by atoms with Gasteiger partial charge in [0.05, 0.1) is 23.6 Å². The number of aromatic nitrogens is 4. The average molecular weight is 403 g/mol. The summed E-state index contributed by atoms with van der Waals surface area (Å²) in [6.07, 6.45) is 4.74. The topological polar surface area (TPSA) is 110 Å². The molecule has 0 aliphatic carbocycles. The molecule has 0 saturated carbocycles. The van der Waals surface area contributed by atoms with Crippen molar-refractivity contribution in [2.75, 3.05) is 24.6 Å². The van der Waals surface area contributed by atoms with E-state index in [0.717, 1.165) is 54.9 Å². The monoisotopic (exact) mass is 403 g/mol. The van der Waals surface area contributed by atoms with E-state index >= 15 is 0 Å². The number of hydrogen-bond acceptors (Lipinski definition) is 7. The molecule has 0 aromatic carbocycles. The van der Waals surface area contributed by atoms with Crippen LogP contribution in [-0.4, -0.2) is 57.0 Å². The Labute approximate surface area is 170 Å². The van der Waals surface area contributed by atoms with Crippen molar-refractivity contribution in [3.63, 3.8) is 0 Å². The maximum atomic E-state index is 11.9. The van der Waals surface area contributed by atoms with Crippen LogP contribution in [0.1, 0.15) is 39.3 Å². The summed E-state index contributed by atoms with van der Waals surface area (Å²) in [4.78, 5) is 31.7. The number of hydrogen-bond donors (Lipinski definition) is 1. The lowest BCUT2D eigenvalue weighted by molar-refractivity contribution is -0.140. The molecule has 1 N–H and O–H groups in total. The van der Waals surface area contributed by atoms with Crippen LogP contribution in [-0.2, 0) is 27.3 Å². The molecular weight excluding hydrogens is 374 g/mol. The second kappa shape index (κ2) is 9.19. The van der Waals surface area contributed by atoms with Crippen molar-refractivity contribution in [3.8, 4) is 0 Å². The normalized spacial score (nSPS) is 20.6. The first-order valence-electron chi connectivity index (χ1n) is 10.2. The van der Waals surface area contributed by atoms with E-state index in [0.29, 0.717) is 19.1 Å². The third-order valence-electron chi connectivity index (χ3n) is 5.39. The van der Waals surface area contributed by atoms with Gasteiger partial charge in [0, 0.05) is 25.6 Å². The summed E-state index contributed by atoms with van der Waals surface area (Å²) in [5.41, 5.74) is 1.99. The van der Waals surface area contributed by atoms with Gasteiger partial charge in [-0.3, -0.25) is 9.59 Å². The van der Waals surface area contributed by atoms with Gasteiger partial charge < -0.3 is 14.7 Å². The maximum absolute atomic E-state index is 11.9. The molecule has 0 amide bonds. The lowest BCUT2D eigenvalue weighted by Crippen LogP contribution is -2.25. The van der Waals surface area contributed by atoms with Gasteiger partial charge in [0.25, 0.3) is 6.47 Å². The van der Waals surface area contributed by atoms with Gasteiger partial charge in [0.15, 0.2) is 5.65 Å². The number of ether oxygens (including phenoxy) is 1. The molecule has 0 unspecified atom stereocenters. The molecule has 158 valence electrons. The quantitative estimate of drug-likeness (QED) is 0.577. The smallest absolute Gasteiger partial charge is 0.311 e. The lowest BCUT2D eigenvalue weighted by atomic mass is 10.0. The third kappa shape index (κ3) is 4.33. The minimum absolute atomic E-state index is 0.0244. The number of rotatable bonds is 6. The van der Waals surface area contributed by atoms with Crippen molar-refractivity contribution >= 4 is 29.3 Å². The Morgan fingerprint density at radius 2 is 2.10 bits per heavy atom. The predicted octanol–water partition coefficient (Wildman–Crippen LogP) is 2.13. The zero-order valence-corrected chi connectivity index (χ0v) is 17.2. The van der Waals surface area contributed by atoms with Gasteiger partial charge in [-0.15, -0.1) is 0 Å². The highest BCUT2D eigenvalue weighted by Crippen LogP contribution is 2.36. The molecular formula is C20H29N5O4. The van der Waals surface area contributed by atoms with E-state index in [-0.39, 0.29) is 24.3 Å². The molecule has 2 aliphatic rings. The first-order valence-corrected chi connectivity index (χ1v) is 10.2. The van der Waals surface area contributed by atoms with E-state index in [1.165, 1.54) is 0 Å². The highest BCUT2D eigenvalue weighted by Gasteiger charge is 2.45. The molecule has 2 aromatic rings. The fraction of sp³-hybridized carbons (Fsp3) is 0.650. The van der Waals surface area contributed by atoms with Crippen LogP contribution in [0.4, 0.5) is 5.82 Å². The predicted molar refractivity (Wildman–Crippen MR) is 108 cm³/mol. The summed E-state index contributed by atoms with van der Waals surface area (Å²) in [5, 5.41) is 12.8. The average Bonchev–Trinajstić information content (AvgIpc) is 3.35. The van der Waals surface area contributed by atoms with Gasteiger partial charge in [-0.1, -0.05) is 27.2 Å². The number of unbranched alkanes of at least 4 members (excludes halogenated alkanes) is 1. The Balaban J connectivity index is 0.000000755. The molecule has 0 radical (unpaired) electrons. The number of nitrogens with zero attached hydrogens (tertiary/aromatic N) is 5. The molecule has 29 heavy (non-hydrogen) atoms. The van der Waals surface area contributed by atoms with E-state index < -0.39 is 0 Å². The minimum atomic E-state index is -0.250. The Kier molecular flexibility index (Phi) is 6.66. The largest absolute Gasteiger partial charge is 0.483 e. The third-order valence-corrected chi connectivity index (χ3v) is 5.39. The van der Waals surface area contributed by atoms with Crippen LogP contribution < -0.4 is 4.90 Å². The van der Waals surface area contributed by atoms with Crippen LogP contribution in [0.15, 0.2) is 6.33 Å². The van der Waals surface area contributed by atoms with Crippen LogP contribution >= 0.6 is 0 Å². The zero-order valence-electron chi connectivity index (χ0n) is 17.2. The van der Waals surface area contributed by atoms with Crippen molar-refractivity contribution < 1.29 is 19.4 Å². The summed E-state index contributed by atoms with van der Waals surface area (Å²) in [7, 11) is 0. The Morgan fingerprint density at radius 3 is 2.76 bits per heavy atom. The Bertz CT molecular complexity index is 866. The highest BCUT2D eigenvalue weighted by molar-refractivity contribution is 5.90. The lowest BCUT2D eigenvalue weighted by Gasteiger charge is -2.19. The van der Waals surface area contributed by atoms with Crippen LogP contribution in [0.2, 0.25) is 0 Å². The first kappa shape index (κ1) is 21.0. The Morgan fingerprint density at radius 1 is 1.34 bits per heavy atom. The Hall–Kier alpha value is -2.71. The number of fused-ring (bicyclic) bond motifs is 2. The van der Waals surface area contributed by atoms with Crippen LogP contribution in [0.25, 0.3) is 11.0 Å². The fourth-order valence-electron chi connectivity index (χ4n) is 4.07. The van der Waals surface area contributed by atoms with Gasteiger partial charge in [0.1, 0.15) is 12.1 Å². The standard InChI is InChI=1S/C19H27N5O2.CH2O2/c1-4-5-6-24-18-16(15(22-24)7-12(2)3)17(20-11-21-18)23-8-13-10-26-19(25)14(13)9-23;2-1-3/h11-14H,4-10H2,1-3H3;1H,(H,2,3)/t13-,14-;/m1./s1.